The molecule has 4 rings (SSSR count). The Hall–Kier alpha value is -3.28. The molecule has 0 spiro atoms. The third-order valence-corrected chi connectivity index (χ3v) is 5.11. The first-order valence-electron chi connectivity index (χ1n) is 9.60. The Kier molecular flexibility index (Phi) is 6.26. The number of carbonyl (C=O) groups is 1. The predicted molar refractivity (Wildman–Crippen MR) is 124 cm³/mol. The van der Waals surface area contributed by atoms with Crippen molar-refractivity contribution in [3.63, 3.8) is 0 Å². The molecule has 0 saturated heterocycles. The fraction of sp³-hybridized carbons (Fsp3) is 0.0833. The second-order valence-corrected chi connectivity index (χ2v) is 7.78. The van der Waals surface area contributed by atoms with Gasteiger partial charge in [0.2, 0.25) is 0 Å². The first kappa shape index (κ1) is 21.0. The van der Waals surface area contributed by atoms with Crippen LogP contribution in [0.15, 0.2) is 78.9 Å². The molecule has 0 aliphatic heterocycles. The van der Waals surface area contributed by atoms with Gasteiger partial charge in [0.1, 0.15) is 11.6 Å². The first-order valence-corrected chi connectivity index (χ1v) is 10.4. The summed E-state index contributed by atoms with van der Waals surface area (Å²) in [6.07, 6.45) is 0. The average Bonchev–Trinajstić information content (AvgIpc) is 3.18. The Morgan fingerprint density at radius 3 is 2.45 bits per heavy atom. The summed E-state index contributed by atoms with van der Waals surface area (Å²) in [5.41, 5.74) is 3.70. The van der Waals surface area contributed by atoms with E-state index in [1.807, 2.05) is 67.6 Å². The van der Waals surface area contributed by atoms with Crippen molar-refractivity contribution in [2.75, 3.05) is 11.9 Å². The number of aromatic nitrogens is 2. The maximum Gasteiger partial charge on any atom is 0.263 e. The minimum atomic E-state index is -0.335. The Bertz CT molecular complexity index is 1210. The zero-order valence-corrected chi connectivity index (χ0v) is 18.2. The van der Waals surface area contributed by atoms with Crippen molar-refractivity contribution >= 4 is 34.9 Å². The van der Waals surface area contributed by atoms with Crippen LogP contribution in [0.4, 0.5) is 5.82 Å². The van der Waals surface area contributed by atoms with E-state index in [0.717, 1.165) is 22.5 Å². The van der Waals surface area contributed by atoms with Crippen LogP contribution in [0.25, 0.3) is 16.9 Å². The summed E-state index contributed by atoms with van der Waals surface area (Å²) in [4.78, 5) is 12.6. The molecule has 5 nitrogen and oxygen atoms in total. The van der Waals surface area contributed by atoms with Crippen molar-refractivity contribution in [3.8, 4) is 22.7 Å². The van der Waals surface area contributed by atoms with Gasteiger partial charge >= 0.3 is 0 Å². The number of ether oxygens (including phenoxy) is 1. The lowest BCUT2D eigenvalue weighted by Gasteiger charge is -2.10. The third-order valence-electron chi connectivity index (χ3n) is 4.58. The van der Waals surface area contributed by atoms with Crippen LogP contribution in [-0.2, 0) is 4.79 Å². The van der Waals surface area contributed by atoms with Crippen molar-refractivity contribution in [1.82, 2.24) is 9.78 Å². The molecule has 0 saturated carbocycles. The lowest BCUT2D eigenvalue weighted by Crippen LogP contribution is -2.22. The second kappa shape index (κ2) is 9.25. The summed E-state index contributed by atoms with van der Waals surface area (Å²) >= 11 is 12.0. The Morgan fingerprint density at radius 2 is 1.74 bits per heavy atom. The van der Waals surface area contributed by atoms with Gasteiger partial charge in [-0.15, -0.1) is 0 Å². The summed E-state index contributed by atoms with van der Waals surface area (Å²) in [6, 6.07) is 24.3. The third kappa shape index (κ3) is 5.08. The summed E-state index contributed by atoms with van der Waals surface area (Å²) < 4.78 is 7.24. The van der Waals surface area contributed by atoms with Crippen LogP contribution in [-0.4, -0.2) is 22.3 Å². The molecule has 0 unspecified atom stereocenters. The molecule has 0 atom stereocenters. The Morgan fingerprint density at radius 1 is 1.00 bits per heavy atom. The molecule has 0 fully saturated rings. The number of hydrogen-bond acceptors (Lipinski definition) is 3. The highest BCUT2D eigenvalue weighted by Crippen LogP contribution is 2.28. The maximum absolute atomic E-state index is 12.6. The van der Waals surface area contributed by atoms with Crippen LogP contribution in [0.1, 0.15) is 5.56 Å². The number of para-hydroxylation sites is 1. The highest BCUT2D eigenvalue weighted by molar-refractivity contribution is 6.35. The molecule has 7 heteroatoms. The molecule has 156 valence electrons. The fourth-order valence-electron chi connectivity index (χ4n) is 3.02. The van der Waals surface area contributed by atoms with E-state index >= 15 is 0 Å². The van der Waals surface area contributed by atoms with Crippen LogP contribution in [0.3, 0.4) is 0 Å². The maximum atomic E-state index is 12.6. The minimum Gasteiger partial charge on any atom is -0.482 e. The highest BCUT2D eigenvalue weighted by atomic mass is 35.5. The zero-order valence-electron chi connectivity index (χ0n) is 16.7. The van der Waals surface area contributed by atoms with E-state index in [4.69, 9.17) is 33.0 Å². The van der Waals surface area contributed by atoms with Crippen LogP contribution in [0.5, 0.6) is 5.75 Å². The molecule has 0 bridgehead atoms. The number of nitrogens with one attached hydrogen (secondary N) is 1. The smallest absolute Gasteiger partial charge is 0.263 e. The summed E-state index contributed by atoms with van der Waals surface area (Å²) in [5.74, 6) is 0.592. The molecule has 0 radical (unpaired) electrons. The number of carbonyl (C=O) groups excluding carboxylic acids is 1. The number of rotatable bonds is 6. The first-order chi connectivity index (χ1) is 15.0. The standard InChI is InChI=1S/C24H19Cl2N3O2/c1-16-7-9-17(10-8-16)21-14-23(29(28-21)19-5-3-2-4-6-19)27-24(30)15-31-22-12-11-18(25)13-20(22)26/h2-14H,15H2,1H3,(H,27,30). The molecule has 0 aliphatic rings. The van der Waals surface area contributed by atoms with Gasteiger partial charge in [-0.05, 0) is 37.3 Å². The van der Waals surface area contributed by atoms with Crippen LogP contribution in [0.2, 0.25) is 10.0 Å². The van der Waals surface area contributed by atoms with Crippen molar-refractivity contribution in [3.05, 3.63) is 94.5 Å². The molecule has 1 aromatic heterocycles. The van der Waals surface area contributed by atoms with Gasteiger partial charge in [-0.25, -0.2) is 4.68 Å². The van der Waals surface area contributed by atoms with Crippen LogP contribution in [0, 0.1) is 6.92 Å². The molecular formula is C24H19Cl2N3O2. The van der Waals surface area contributed by atoms with E-state index in [1.165, 1.54) is 0 Å². The molecule has 31 heavy (non-hydrogen) atoms. The normalized spacial score (nSPS) is 10.7. The van der Waals surface area contributed by atoms with E-state index in [2.05, 4.69) is 5.32 Å². The summed E-state index contributed by atoms with van der Waals surface area (Å²) in [7, 11) is 0. The lowest BCUT2D eigenvalue weighted by molar-refractivity contribution is -0.118. The largest absolute Gasteiger partial charge is 0.482 e. The quantitative estimate of drug-likeness (QED) is 0.381. The minimum absolute atomic E-state index is 0.207. The van der Waals surface area contributed by atoms with E-state index in [-0.39, 0.29) is 12.5 Å². The van der Waals surface area contributed by atoms with Crippen molar-refractivity contribution in [2.45, 2.75) is 6.92 Å². The molecule has 0 aliphatic carbocycles. The number of benzene rings is 3. The van der Waals surface area contributed by atoms with Crippen molar-refractivity contribution in [1.29, 1.82) is 0 Å². The molecule has 3 aromatic carbocycles. The van der Waals surface area contributed by atoms with Crippen LogP contribution < -0.4 is 10.1 Å². The molecular weight excluding hydrogens is 433 g/mol. The number of halogens is 2. The SMILES string of the molecule is Cc1ccc(-c2cc(NC(=O)COc3ccc(Cl)cc3Cl)n(-c3ccccc3)n2)cc1. The van der Waals surface area contributed by atoms with E-state index < -0.39 is 0 Å². The van der Waals surface area contributed by atoms with E-state index in [9.17, 15) is 4.79 Å². The van der Waals surface area contributed by atoms with Gasteiger partial charge in [-0.2, -0.15) is 5.10 Å². The van der Waals surface area contributed by atoms with Crippen LogP contribution >= 0.6 is 23.2 Å². The summed E-state index contributed by atoms with van der Waals surface area (Å²) in [6.45, 7) is 1.83. The highest BCUT2D eigenvalue weighted by Gasteiger charge is 2.15. The summed E-state index contributed by atoms with van der Waals surface area (Å²) in [5, 5.41) is 8.42. The van der Waals surface area contributed by atoms with Gasteiger partial charge in [-0.3, -0.25) is 4.79 Å². The zero-order chi connectivity index (χ0) is 21.8. The van der Waals surface area contributed by atoms with E-state index in [1.54, 1.807) is 22.9 Å². The molecule has 4 aromatic rings. The fourth-order valence-corrected chi connectivity index (χ4v) is 3.48. The van der Waals surface area contributed by atoms with E-state index in [0.29, 0.717) is 21.6 Å². The number of amides is 1. The average molecular weight is 452 g/mol. The monoisotopic (exact) mass is 451 g/mol. The second-order valence-electron chi connectivity index (χ2n) is 6.94. The topological polar surface area (TPSA) is 56.1 Å². The van der Waals surface area contributed by atoms with Gasteiger partial charge in [0.25, 0.3) is 5.91 Å². The van der Waals surface area contributed by atoms with Gasteiger partial charge < -0.3 is 10.1 Å². The van der Waals surface area contributed by atoms with Gasteiger partial charge in [0, 0.05) is 16.7 Å². The number of anilines is 1. The lowest BCUT2D eigenvalue weighted by atomic mass is 10.1. The van der Waals surface area contributed by atoms with Gasteiger partial charge in [0.05, 0.1) is 16.4 Å². The van der Waals surface area contributed by atoms with Gasteiger partial charge in [0.15, 0.2) is 6.61 Å². The Balaban J connectivity index is 1.57. The Labute approximate surface area is 190 Å². The molecule has 1 heterocycles. The van der Waals surface area contributed by atoms with Crippen molar-refractivity contribution in [2.24, 2.45) is 0 Å². The number of nitrogens with zero attached hydrogens (tertiary/aromatic N) is 2. The molecule has 1 amide bonds. The van der Waals surface area contributed by atoms with Crippen molar-refractivity contribution < 1.29 is 9.53 Å². The van der Waals surface area contributed by atoms with Gasteiger partial charge in [-0.1, -0.05) is 71.2 Å². The number of aryl methyl sites for hydroxylation is 1. The number of hydrogen-bond donors (Lipinski definition) is 1. The molecule has 1 N–H and O–H groups in total. The predicted octanol–water partition coefficient (Wildman–Crippen LogP) is 6.17.